The summed E-state index contributed by atoms with van der Waals surface area (Å²) in [4.78, 5) is 6.51. The van der Waals surface area contributed by atoms with Crippen LogP contribution in [0.2, 0.25) is 0 Å². The summed E-state index contributed by atoms with van der Waals surface area (Å²) >= 11 is 0. The first-order chi connectivity index (χ1) is 9.15. The summed E-state index contributed by atoms with van der Waals surface area (Å²) in [5.74, 6) is 0.660. The third-order valence-electron chi connectivity index (χ3n) is 3.08. The largest absolute Gasteiger partial charge is 0.392 e. The van der Waals surface area contributed by atoms with E-state index in [9.17, 15) is 5.11 Å². The van der Waals surface area contributed by atoms with Gasteiger partial charge in [-0.25, -0.2) is 4.98 Å². The predicted octanol–water partition coefficient (Wildman–Crippen LogP) is 2.32. The van der Waals surface area contributed by atoms with Crippen molar-refractivity contribution in [2.24, 2.45) is 5.92 Å². The third-order valence-corrected chi connectivity index (χ3v) is 3.08. The maximum Gasteiger partial charge on any atom is 0.134 e. The lowest BCUT2D eigenvalue weighted by Crippen LogP contribution is -2.25. The number of pyridine rings is 1. The van der Waals surface area contributed by atoms with Gasteiger partial charge in [-0.1, -0.05) is 18.2 Å². The van der Waals surface area contributed by atoms with E-state index in [1.54, 1.807) is 0 Å². The van der Waals surface area contributed by atoms with E-state index in [1.807, 2.05) is 49.2 Å². The zero-order chi connectivity index (χ0) is 13.8. The molecule has 2 rings (SSSR count). The second-order valence-corrected chi connectivity index (χ2v) is 4.73. The third kappa shape index (κ3) is 2.83. The van der Waals surface area contributed by atoms with Crippen LogP contribution in [0.5, 0.6) is 0 Å². The SMILES string of the molecule is CC(C#N)CN(C)c1nc2ccccc2cc1CO. The molecule has 1 atom stereocenters. The molecule has 4 heteroatoms. The zero-order valence-electron chi connectivity index (χ0n) is 11.2. The van der Waals surface area contributed by atoms with Gasteiger partial charge < -0.3 is 10.0 Å². The van der Waals surface area contributed by atoms with Crippen LogP contribution in [0.25, 0.3) is 10.9 Å². The highest BCUT2D eigenvalue weighted by atomic mass is 16.3. The summed E-state index contributed by atoms with van der Waals surface area (Å²) < 4.78 is 0. The van der Waals surface area contributed by atoms with Gasteiger partial charge >= 0.3 is 0 Å². The Labute approximate surface area is 112 Å². The number of hydrogen-bond donors (Lipinski definition) is 1. The highest BCUT2D eigenvalue weighted by Crippen LogP contribution is 2.23. The topological polar surface area (TPSA) is 60.2 Å². The minimum Gasteiger partial charge on any atom is -0.392 e. The molecule has 1 unspecified atom stereocenters. The Bertz CT molecular complexity index is 618. The lowest BCUT2D eigenvalue weighted by Gasteiger charge is -2.22. The van der Waals surface area contributed by atoms with Crippen LogP contribution in [0.1, 0.15) is 12.5 Å². The fraction of sp³-hybridized carbons (Fsp3) is 0.333. The second-order valence-electron chi connectivity index (χ2n) is 4.73. The molecular formula is C15H17N3O. The molecule has 2 aromatic rings. The molecule has 0 aliphatic carbocycles. The molecule has 0 aliphatic heterocycles. The average molecular weight is 255 g/mol. The van der Waals surface area contributed by atoms with E-state index in [1.165, 1.54) is 0 Å². The van der Waals surface area contributed by atoms with E-state index in [4.69, 9.17) is 5.26 Å². The fourth-order valence-corrected chi connectivity index (χ4v) is 2.13. The highest BCUT2D eigenvalue weighted by Gasteiger charge is 2.13. The standard InChI is InChI=1S/C15H17N3O/c1-11(8-16)9-18(2)15-13(10-19)7-12-5-3-4-6-14(12)17-15/h3-7,11,19H,9-10H2,1-2H3. The summed E-state index contributed by atoms with van der Waals surface area (Å²) in [5, 5.41) is 19.4. The fourth-order valence-electron chi connectivity index (χ4n) is 2.13. The van der Waals surface area contributed by atoms with Gasteiger partial charge in [0.1, 0.15) is 5.82 Å². The summed E-state index contributed by atoms with van der Waals surface area (Å²) in [6, 6.07) is 12.0. The van der Waals surface area contributed by atoms with Crippen LogP contribution in [0.3, 0.4) is 0 Å². The van der Waals surface area contributed by atoms with E-state index < -0.39 is 0 Å². The summed E-state index contributed by atoms with van der Waals surface area (Å²) in [5.41, 5.74) is 1.68. The number of aromatic nitrogens is 1. The van der Waals surface area contributed by atoms with Crippen molar-refractivity contribution in [3.63, 3.8) is 0 Å². The zero-order valence-corrected chi connectivity index (χ0v) is 11.2. The van der Waals surface area contributed by atoms with Crippen molar-refractivity contribution < 1.29 is 5.11 Å². The van der Waals surface area contributed by atoms with Crippen molar-refractivity contribution in [3.05, 3.63) is 35.9 Å². The molecule has 0 fully saturated rings. The first-order valence-corrected chi connectivity index (χ1v) is 6.26. The highest BCUT2D eigenvalue weighted by molar-refractivity contribution is 5.81. The summed E-state index contributed by atoms with van der Waals surface area (Å²) in [6.07, 6.45) is 0. The first-order valence-electron chi connectivity index (χ1n) is 6.26. The normalized spacial score (nSPS) is 12.1. The van der Waals surface area contributed by atoms with Gasteiger partial charge in [-0.3, -0.25) is 0 Å². The predicted molar refractivity (Wildman–Crippen MR) is 75.7 cm³/mol. The van der Waals surface area contributed by atoms with Gasteiger partial charge in [0.2, 0.25) is 0 Å². The van der Waals surface area contributed by atoms with Crippen molar-refractivity contribution in [3.8, 4) is 6.07 Å². The van der Waals surface area contributed by atoms with Crippen molar-refractivity contribution >= 4 is 16.7 Å². The average Bonchev–Trinajstić information content (AvgIpc) is 2.45. The van der Waals surface area contributed by atoms with Gasteiger partial charge in [0.05, 0.1) is 24.1 Å². The first kappa shape index (κ1) is 13.3. The van der Waals surface area contributed by atoms with E-state index in [2.05, 4.69) is 11.1 Å². The summed E-state index contributed by atoms with van der Waals surface area (Å²) in [7, 11) is 1.89. The Kier molecular flexibility index (Phi) is 3.98. The summed E-state index contributed by atoms with van der Waals surface area (Å²) in [6.45, 7) is 2.41. The van der Waals surface area contributed by atoms with Gasteiger partial charge in [0, 0.05) is 24.5 Å². The Morgan fingerprint density at radius 3 is 2.84 bits per heavy atom. The number of nitriles is 1. The molecular weight excluding hydrogens is 238 g/mol. The van der Waals surface area contributed by atoms with E-state index in [0.717, 1.165) is 22.3 Å². The smallest absolute Gasteiger partial charge is 0.134 e. The van der Waals surface area contributed by atoms with Crippen LogP contribution >= 0.6 is 0 Å². The van der Waals surface area contributed by atoms with Crippen molar-refractivity contribution in [2.75, 3.05) is 18.5 Å². The molecule has 4 nitrogen and oxygen atoms in total. The molecule has 0 saturated carbocycles. The van der Waals surface area contributed by atoms with Gasteiger partial charge in [0.15, 0.2) is 0 Å². The molecule has 0 aliphatic rings. The molecule has 0 bridgehead atoms. The number of hydrogen-bond acceptors (Lipinski definition) is 4. The van der Waals surface area contributed by atoms with Crippen LogP contribution in [0, 0.1) is 17.2 Å². The van der Waals surface area contributed by atoms with E-state index in [0.29, 0.717) is 6.54 Å². The number of anilines is 1. The molecule has 0 radical (unpaired) electrons. The Morgan fingerprint density at radius 1 is 1.42 bits per heavy atom. The van der Waals surface area contributed by atoms with Gasteiger partial charge in [0.25, 0.3) is 0 Å². The molecule has 1 aromatic carbocycles. The van der Waals surface area contributed by atoms with Gasteiger partial charge in [-0.05, 0) is 19.1 Å². The number of nitrogens with zero attached hydrogens (tertiary/aromatic N) is 3. The number of fused-ring (bicyclic) bond motifs is 1. The Hall–Kier alpha value is -2.12. The van der Waals surface area contributed by atoms with Gasteiger partial charge in [-0.15, -0.1) is 0 Å². The lowest BCUT2D eigenvalue weighted by atomic mass is 10.1. The number of aliphatic hydroxyl groups excluding tert-OH is 1. The van der Waals surface area contributed by atoms with Crippen molar-refractivity contribution in [1.82, 2.24) is 4.98 Å². The van der Waals surface area contributed by atoms with Crippen LogP contribution < -0.4 is 4.90 Å². The number of benzene rings is 1. The van der Waals surface area contributed by atoms with E-state index in [-0.39, 0.29) is 12.5 Å². The molecule has 0 amide bonds. The van der Waals surface area contributed by atoms with Crippen molar-refractivity contribution in [2.45, 2.75) is 13.5 Å². The second kappa shape index (κ2) is 5.68. The van der Waals surface area contributed by atoms with Gasteiger partial charge in [-0.2, -0.15) is 5.26 Å². The minimum atomic E-state index is -0.0789. The van der Waals surface area contributed by atoms with E-state index >= 15 is 0 Å². The maximum absolute atomic E-state index is 9.49. The van der Waals surface area contributed by atoms with Crippen LogP contribution in [0.4, 0.5) is 5.82 Å². The number of aliphatic hydroxyl groups is 1. The number of para-hydroxylation sites is 1. The lowest BCUT2D eigenvalue weighted by molar-refractivity contribution is 0.282. The molecule has 1 aromatic heterocycles. The maximum atomic E-state index is 9.49. The van der Waals surface area contributed by atoms with Crippen LogP contribution in [-0.2, 0) is 6.61 Å². The monoisotopic (exact) mass is 255 g/mol. The molecule has 0 saturated heterocycles. The molecule has 0 spiro atoms. The molecule has 98 valence electrons. The van der Waals surface area contributed by atoms with Crippen molar-refractivity contribution in [1.29, 1.82) is 5.26 Å². The van der Waals surface area contributed by atoms with Crippen LogP contribution in [-0.4, -0.2) is 23.7 Å². The molecule has 1 N–H and O–H groups in total. The Balaban J connectivity index is 2.43. The quantitative estimate of drug-likeness (QED) is 0.910. The molecule has 1 heterocycles. The van der Waals surface area contributed by atoms with Crippen LogP contribution in [0.15, 0.2) is 30.3 Å². The Morgan fingerprint density at radius 2 is 2.16 bits per heavy atom. The molecule has 19 heavy (non-hydrogen) atoms. The number of rotatable bonds is 4. The minimum absolute atomic E-state index is 0.0571.